The van der Waals surface area contributed by atoms with Gasteiger partial charge in [-0.25, -0.2) is 12.8 Å². The molecule has 0 aromatic heterocycles. The van der Waals surface area contributed by atoms with Gasteiger partial charge in [-0.15, -0.1) is 0 Å². The molecule has 26 heavy (non-hydrogen) atoms. The minimum absolute atomic E-state index is 0.00799. The predicted octanol–water partition coefficient (Wildman–Crippen LogP) is 2.20. The van der Waals surface area contributed by atoms with Gasteiger partial charge in [-0.05, 0) is 61.5 Å². The first kappa shape index (κ1) is 18.1. The maximum Gasteiger partial charge on any atom is 0.243 e. The van der Waals surface area contributed by atoms with Gasteiger partial charge in [0.15, 0.2) is 5.11 Å². The summed E-state index contributed by atoms with van der Waals surface area (Å²) in [6.07, 6.45) is 5.18. The molecule has 8 heteroatoms. The molecule has 2 aliphatic carbocycles. The molecule has 1 aromatic carbocycles. The predicted molar refractivity (Wildman–Crippen MR) is 102 cm³/mol. The van der Waals surface area contributed by atoms with Crippen molar-refractivity contribution in [1.29, 1.82) is 0 Å². The minimum Gasteiger partial charge on any atom is -0.360 e. The summed E-state index contributed by atoms with van der Waals surface area (Å²) in [6, 6.07) is 5.66. The zero-order valence-electron chi connectivity index (χ0n) is 14.6. The third kappa shape index (κ3) is 3.46. The van der Waals surface area contributed by atoms with E-state index in [0.717, 1.165) is 23.0 Å². The molecule has 142 valence electrons. The molecule has 3 atom stereocenters. The third-order valence-corrected chi connectivity index (χ3v) is 8.28. The Morgan fingerprint density at radius 1 is 1.15 bits per heavy atom. The highest BCUT2D eigenvalue weighted by molar-refractivity contribution is 7.89. The van der Waals surface area contributed by atoms with Crippen molar-refractivity contribution in [3.63, 3.8) is 0 Å². The van der Waals surface area contributed by atoms with Crippen molar-refractivity contribution < 1.29 is 12.8 Å². The molecular formula is C18H24FN3O2S2. The largest absolute Gasteiger partial charge is 0.360 e. The molecule has 1 N–H and O–H groups in total. The van der Waals surface area contributed by atoms with E-state index in [9.17, 15) is 12.8 Å². The molecule has 0 amide bonds. The lowest BCUT2D eigenvalue weighted by Crippen LogP contribution is -2.54. The van der Waals surface area contributed by atoms with Crippen LogP contribution in [0.5, 0.6) is 0 Å². The summed E-state index contributed by atoms with van der Waals surface area (Å²) >= 11 is 5.57. The standard InChI is InChI=1S/C18H24FN3O2S2/c19-15-2-1-3-16(12-15)26(23,24)22-8-6-21(7-9-22)18(25)20-17-11-13-4-5-14(17)10-13/h1-3,12-14,17H,4-11H2,(H,20,25)/t13-,14+,17+/m0/s1. The highest BCUT2D eigenvalue weighted by Gasteiger charge is 2.40. The topological polar surface area (TPSA) is 52.7 Å². The SMILES string of the molecule is O=S(=O)(c1cccc(F)c1)N1CCN(C(=S)N[C@@H]2C[C@H]3CC[C@@H]2C3)CC1. The molecule has 0 spiro atoms. The molecule has 1 aliphatic heterocycles. The summed E-state index contributed by atoms with van der Waals surface area (Å²) in [5, 5.41) is 4.25. The summed E-state index contributed by atoms with van der Waals surface area (Å²) in [7, 11) is -3.66. The van der Waals surface area contributed by atoms with Crippen LogP contribution in [0.2, 0.25) is 0 Å². The number of hydrogen-bond acceptors (Lipinski definition) is 3. The quantitative estimate of drug-likeness (QED) is 0.793. The highest BCUT2D eigenvalue weighted by Crippen LogP contribution is 2.44. The van der Waals surface area contributed by atoms with E-state index < -0.39 is 15.8 Å². The molecule has 2 saturated carbocycles. The third-order valence-electron chi connectivity index (χ3n) is 6.01. The van der Waals surface area contributed by atoms with Crippen LogP contribution in [0.4, 0.5) is 4.39 Å². The van der Waals surface area contributed by atoms with Crippen LogP contribution in [-0.2, 0) is 10.0 Å². The minimum atomic E-state index is -3.66. The Balaban J connectivity index is 1.34. The zero-order valence-corrected chi connectivity index (χ0v) is 16.2. The van der Waals surface area contributed by atoms with E-state index in [0.29, 0.717) is 32.2 Å². The number of nitrogens with zero attached hydrogens (tertiary/aromatic N) is 2. The number of benzene rings is 1. The van der Waals surface area contributed by atoms with Crippen molar-refractivity contribution in [2.75, 3.05) is 26.2 Å². The van der Waals surface area contributed by atoms with E-state index in [1.54, 1.807) is 0 Å². The molecule has 1 aromatic rings. The Labute approximate surface area is 159 Å². The Morgan fingerprint density at radius 3 is 2.54 bits per heavy atom. The van der Waals surface area contributed by atoms with E-state index in [-0.39, 0.29) is 4.90 Å². The van der Waals surface area contributed by atoms with Crippen molar-refractivity contribution in [2.45, 2.75) is 36.6 Å². The number of piperazine rings is 1. The van der Waals surface area contributed by atoms with Crippen molar-refractivity contribution in [3.05, 3.63) is 30.1 Å². The average molecular weight is 398 g/mol. The second kappa shape index (κ2) is 7.05. The number of thiocarbonyl (C=S) groups is 1. The van der Waals surface area contributed by atoms with Crippen LogP contribution in [0.1, 0.15) is 25.7 Å². The van der Waals surface area contributed by atoms with Gasteiger partial charge in [-0.1, -0.05) is 12.5 Å². The first-order valence-electron chi connectivity index (χ1n) is 9.24. The molecule has 1 heterocycles. The Morgan fingerprint density at radius 2 is 1.92 bits per heavy atom. The summed E-state index contributed by atoms with van der Waals surface area (Å²) in [5.74, 6) is 1.06. The van der Waals surface area contributed by atoms with Gasteiger partial charge in [-0.3, -0.25) is 0 Å². The zero-order chi connectivity index (χ0) is 18.3. The van der Waals surface area contributed by atoms with Crippen LogP contribution < -0.4 is 5.32 Å². The van der Waals surface area contributed by atoms with Crippen LogP contribution in [0.15, 0.2) is 29.2 Å². The molecular weight excluding hydrogens is 373 g/mol. The van der Waals surface area contributed by atoms with Gasteiger partial charge in [0.05, 0.1) is 4.90 Å². The van der Waals surface area contributed by atoms with E-state index >= 15 is 0 Å². The fraction of sp³-hybridized carbons (Fsp3) is 0.611. The van der Waals surface area contributed by atoms with E-state index in [2.05, 4.69) is 10.2 Å². The molecule has 4 rings (SSSR count). The molecule has 5 nitrogen and oxygen atoms in total. The lowest BCUT2D eigenvalue weighted by atomic mass is 9.95. The fourth-order valence-electron chi connectivity index (χ4n) is 4.58. The van der Waals surface area contributed by atoms with Gasteiger partial charge in [0.25, 0.3) is 0 Å². The molecule has 2 bridgehead atoms. The number of hydrogen-bond donors (Lipinski definition) is 1. The maximum atomic E-state index is 13.4. The number of halogens is 1. The van der Waals surface area contributed by atoms with Crippen LogP contribution in [0.25, 0.3) is 0 Å². The Kier molecular flexibility index (Phi) is 4.92. The Bertz CT molecular complexity index is 793. The first-order chi connectivity index (χ1) is 12.4. The maximum absolute atomic E-state index is 13.4. The monoisotopic (exact) mass is 397 g/mol. The van der Waals surface area contributed by atoms with Crippen molar-refractivity contribution in [2.24, 2.45) is 11.8 Å². The van der Waals surface area contributed by atoms with Gasteiger partial charge in [-0.2, -0.15) is 4.31 Å². The first-order valence-corrected chi connectivity index (χ1v) is 11.1. The molecule has 1 saturated heterocycles. The fourth-order valence-corrected chi connectivity index (χ4v) is 6.37. The molecule has 3 aliphatic rings. The summed E-state index contributed by atoms with van der Waals surface area (Å²) in [6.45, 7) is 1.83. The van der Waals surface area contributed by atoms with Gasteiger partial charge >= 0.3 is 0 Å². The second-order valence-corrected chi connectivity index (χ2v) is 9.90. The lowest BCUT2D eigenvalue weighted by molar-refractivity contribution is 0.258. The van der Waals surface area contributed by atoms with Gasteiger partial charge in [0, 0.05) is 32.2 Å². The normalized spacial score (nSPS) is 29.1. The highest BCUT2D eigenvalue weighted by atomic mass is 32.2. The van der Waals surface area contributed by atoms with Crippen LogP contribution >= 0.6 is 12.2 Å². The van der Waals surface area contributed by atoms with Crippen molar-refractivity contribution >= 4 is 27.4 Å². The summed E-state index contributed by atoms with van der Waals surface area (Å²) < 4.78 is 40.1. The molecule has 3 fully saturated rings. The summed E-state index contributed by atoms with van der Waals surface area (Å²) in [5.41, 5.74) is 0. The number of fused-ring (bicyclic) bond motifs is 2. The molecule has 0 radical (unpaired) electrons. The van der Waals surface area contributed by atoms with Crippen molar-refractivity contribution in [3.8, 4) is 0 Å². The van der Waals surface area contributed by atoms with Gasteiger partial charge in [0.1, 0.15) is 5.82 Å². The van der Waals surface area contributed by atoms with E-state index in [4.69, 9.17) is 12.2 Å². The van der Waals surface area contributed by atoms with Crippen LogP contribution in [0.3, 0.4) is 0 Å². The van der Waals surface area contributed by atoms with Crippen LogP contribution in [-0.4, -0.2) is 55.0 Å². The Hall–Kier alpha value is -1.25. The smallest absolute Gasteiger partial charge is 0.243 e. The van der Waals surface area contributed by atoms with Crippen LogP contribution in [0, 0.1) is 17.7 Å². The molecule has 0 unspecified atom stereocenters. The number of sulfonamides is 1. The number of nitrogens with one attached hydrogen (secondary N) is 1. The lowest BCUT2D eigenvalue weighted by Gasteiger charge is -2.37. The van der Waals surface area contributed by atoms with Crippen molar-refractivity contribution in [1.82, 2.24) is 14.5 Å². The average Bonchev–Trinajstić information content (AvgIpc) is 3.25. The number of rotatable bonds is 3. The van der Waals surface area contributed by atoms with Gasteiger partial charge < -0.3 is 10.2 Å². The summed E-state index contributed by atoms with van der Waals surface area (Å²) in [4.78, 5) is 2.06. The second-order valence-electron chi connectivity index (χ2n) is 7.58. The van der Waals surface area contributed by atoms with E-state index in [1.807, 2.05) is 0 Å². The van der Waals surface area contributed by atoms with E-state index in [1.165, 1.54) is 48.2 Å². The van der Waals surface area contributed by atoms with Gasteiger partial charge in [0.2, 0.25) is 10.0 Å².